The van der Waals surface area contributed by atoms with Gasteiger partial charge in [0, 0.05) is 58.2 Å². The van der Waals surface area contributed by atoms with Gasteiger partial charge < -0.3 is 20.0 Å². The van der Waals surface area contributed by atoms with E-state index in [1.807, 2.05) is 24.9 Å². The lowest BCUT2D eigenvalue weighted by Gasteiger charge is -2.38. The Balaban J connectivity index is 0.000000434. The van der Waals surface area contributed by atoms with E-state index in [-0.39, 0.29) is 29.6 Å². The summed E-state index contributed by atoms with van der Waals surface area (Å²) in [6.45, 7) is 15.5. The lowest BCUT2D eigenvalue weighted by molar-refractivity contribution is -0.147. The van der Waals surface area contributed by atoms with Crippen molar-refractivity contribution in [2.75, 3.05) is 46.8 Å². The normalized spacial score (nSPS) is 22.7. The average Bonchev–Trinajstić information content (AvgIpc) is 3.47. The van der Waals surface area contributed by atoms with E-state index in [1.165, 1.54) is 12.1 Å². The van der Waals surface area contributed by atoms with Gasteiger partial charge in [-0.05, 0) is 55.7 Å². The molecule has 2 aliphatic heterocycles. The number of hydrogen-bond acceptors (Lipinski definition) is 4. The number of halogens is 2. The Kier molecular flexibility index (Phi) is 14.1. The number of likely N-dealkylation sites (tertiary alicyclic amines) is 1. The fourth-order valence-corrected chi connectivity index (χ4v) is 5.52. The molecule has 1 saturated carbocycles. The van der Waals surface area contributed by atoms with Gasteiger partial charge in [-0.2, -0.15) is 0 Å². The molecule has 42 heavy (non-hydrogen) atoms. The number of amides is 3. The van der Waals surface area contributed by atoms with Crippen LogP contribution in [-0.4, -0.2) is 85.3 Å². The molecule has 3 fully saturated rings. The highest BCUT2D eigenvalue weighted by molar-refractivity contribution is 5.89. The second-order valence-electron chi connectivity index (χ2n) is 12.6. The Bertz CT molecular complexity index is 1040. The summed E-state index contributed by atoms with van der Waals surface area (Å²) in [6, 6.07) is 3.25. The van der Waals surface area contributed by atoms with Gasteiger partial charge in [0.05, 0.1) is 0 Å². The summed E-state index contributed by atoms with van der Waals surface area (Å²) in [6.07, 6.45) is 7.27. The fraction of sp³-hybridized carbons (Fsp3) is 0.667. The first-order chi connectivity index (χ1) is 19.8. The van der Waals surface area contributed by atoms with Crippen molar-refractivity contribution in [3.05, 3.63) is 48.1 Å². The highest BCUT2D eigenvalue weighted by Gasteiger charge is 2.42. The van der Waals surface area contributed by atoms with Crippen molar-refractivity contribution in [1.29, 1.82) is 0 Å². The molecule has 3 aliphatic rings. The van der Waals surface area contributed by atoms with Gasteiger partial charge in [-0.25, -0.2) is 8.78 Å². The number of carbonyl (C=O) groups excluding carboxylic acids is 3. The van der Waals surface area contributed by atoms with Gasteiger partial charge >= 0.3 is 0 Å². The number of likely N-dealkylation sites (N-methyl/N-ethyl adjacent to an activating group) is 1. The van der Waals surface area contributed by atoms with E-state index >= 15 is 0 Å². The summed E-state index contributed by atoms with van der Waals surface area (Å²) in [5.41, 5.74) is 0.732. The molecule has 7 nitrogen and oxygen atoms in total. The number of allylic oxidation sites excluding steroid dienone is 1. The first-order valence-electron chi connectivity index (χ1n) is 15.4. The molecule has 0 spiro atoms. The van der Waals surface area contributed by atoms with Crippen LogP contribution in [0.3, 0.4) is 0 Å². The molecule has 4 rings (SSSR count). The first kappa shape index (κ1) is 35.4. The van der Waals surface area contributed by atoms with Gasteiger partial charge in [-0.1, -0.05) is 52.7 Å². The SMILES string of the molecule is C=CC(C)(C)C.CCC(=O)NC.CN1CCN(C(=O)[C@@H]2CCCN2C(=O)[C@@H]2CCCC[C@H]2c2ccc(F)cc2F)CC1. The summed E-state index contributed by atoms with van der Waals surface area (Å²) in [5, 5.41) is 2.48. The van der Waals surface area contributed by atoms with E-state index in [1.54, 1.807) is 11.9 Å². The third-order valence-corrected chi connectivity index (χ3v) is 8.29. The van der Waals surface area contributed by atoms with Crippen LogP contribution in [0.2, 0.25) is 0 Å². The van der Waals surface area contributed by atoms with Crippen molar-refractivity contribution < 1.29 is 23.2 Å². The van der Waals surface area contributed by atoms with E-state index in [0.717, 1.165) is 38.4 Å². The maximum atomic E-state index is 14.5. The lowest BCUT2D eigenvalue weighted by Crippen LogP contribution is -2.54. The summed E-state index contributed by atoms with van der Waals surface area (Å²) >= 11 is 0. The molecule has 3 atom stereocenters. The van der Waals surface area contributed by atoms with Crippen LogP contribution in [0.4, 0.5) is 8.78 Å². The standard InChI is InChI=1S/C23H31F2N3O2.C6H12.C4H9NO/c1-26-11-13-27(14-12-26)23(30)21-7-4-10-28(21)22(29)19-6-3-2-5-17(19)18-9-8-16(24)15-20(18)25;1-5-6(2,3)4;1-3-4(6)5-2/h8-9,15,17,19,21H,2-7,10-14H2,1H3;5H,1H2,2-4H3;3H2,1-2H3,(H,5,6)/t17-,19+,21-;;/m0../s1. The van der Waals surface area contributed by atoms with Crippen LogP contribution in [0.1, 0.15) is 84.1 Å². The highest BCUT2D eigenvalue weighted by Crippen LogP contribution is 2.41. The Labute approximate surface area is 251 Å². The minimum atomic E-state index is -0.604. The molecule has 0 radical (unpaired) electrons. The molecule has 2 saturated heterocycles. The number of benzene rings is 1. The summed E-state index contributed by atoms with van der Waals surface area (Å²) in [5.74, 6) is -1.68. The monoisotopic (exact) mass is 590 g/mol. The smallest absolute Gasteiger partial charge is 0.245 e. The molecule has 1 N–H and O–H groups in total. The second-order valence-corrected chi connectivity index (χ2v) is 12.6. The van der Waals surface area contributed by atoms with Crippen LogP contribution in [0, 0.1) is 23.0 Å². The van der Waals surface area contributed by atoms with Crippen LogP contribution >= 0.6 is 0 Å². The molecule has 3 amide bonds. The fourth-order valence-electron chi connectivity index (χ4n) is 5.52. The predicted molar refractivity (Wildman–Crippen MR) is 164 cm³/mol. The van der Waals surface area contributed by atoms with Gasteiger partial charge in [0.25, 0.3) is 0 Å². The number of piperazine rings is 1. The largest absolute Gasteiger partial charge is 0.359 e. The Morgan fingerprint density at radius 3 is 2.12 bits per heavy atom. The number of rotatable bonds is 4. The van der Waals surface area contributed by atoms with Crippen molar-refractivity contribution in [3.8, 4) is 0 Å². The van der Waals surface area contributed by atoms with E-state index in [0.29, 0.717) is 56.3 Å². The molecular weight excluding hydrogens is 538 g/mol. The molecule has 1 aliphatic carbocycles. The summed E-state index contributed by atoms with van der Waals surface area (Å²) in [4.78, 5) is 42.6. The lowest BCUT2D eigenvalue weighted by atomic mass is 9.74. The van der Waals surface area contributed by atoms with Crippen LogP contribution in [0.25, 0.3) is 0 Å². The summed E-state index contributed by atoms with van der Waals surface area (Å²) in [7, 11) is 3.68. The molecule has 2 heterocycles. The molecule has 0 aromatic heterocycles. The maximum Gasteiger partial charge on any atom is 0.245 e. The van der Waals surface area contributed by atoms with Crippen molar-refractivity contribution in [2.45, 2.75) is 84.6 Å². The topological polar surface area (TPSA) is 73.0 Å². The molecule has 9 heteroatoms. The zero-order valence-electron chi connectivity index (χ0n) is 26.6. The molecular formula is C33H52F2N4O3. The van der Waals surface area contributed by atoms with Crippen LogP contribution in [0.5, 0.6) is 0 Å². The average molecular weight is 591 g/mol. The van der Waals surface area contributed by atoms with Gasteiger partial charge in [0.15, 0.2) is 0 Å². The Morgan fingerprint density at radius 1 is 0.976 bits per heavy atom. The first-order valence-corrected chi connectivity index (χ1v) is 15.4. The highest BCUT2D eigenvalue weighted by atomic mass is 19.1. The van der Waals surface area contributed by atoms with Crippen LogP contribution < -0.4 is 5.32 Å². The molecule has 1 aromatic carbocycles. The zero-order chi connectivity index (χ0) is 31.4. The van der Waals surface area contributed by atoms with Crippen molar-refractivity contribution in [2.24, 2.45) is 11.3 Å². The van der Waals surface area contributed by atoms with Gasteiger partial charge in [-0.3, -0.25) is 14.4 Å². The Hall–Kier alpha value is -2.81. The number of carbonyl (C=O) groups is 3. The molecule has 0 unspecified atom stereocenters. The van der Waals surface area contributed by atoms with E-state index in [4.69, 9.17) is 0 Å². The van der Waals surface area contributed by atoms with Crippen molar-refractivity contribution in [3.63, 3.8) is 0 Å². The zero-order valence-corrected chi connectivity index (χ0v) is 26.6. The van der Waals surface area contributed by atoms with Crippen LogP contribution in [-0.2, 0) is 14.4 Å². The van der Waals surface area contributed by atoms with Crippen molar-refractivity contribution in [1.82, 2.24) is 20.0 Å². The number of nitrogens with one attached hydrogen (secondary N) is 1. The van der Waals surface area contributed by atoms with E-state index < -0.39 is 17.7 Å². The maximum absolute atomic E-state index is 14.5. The van der Waals surface area contributed by atoms with E-state index in [9.17, 15) is 23.2 Å². The molecule has 1 aromatic rings. The minimum absolute atomic E-state index is 0.0339. The quantitative estimate of drug-likeness (QED) is 0.479. The van der Waals surface area contributed by atoms with Crippen LogP contribution in [0.15, 0.2) is 30.9 Å². The second kappa shape index (κ2) is 16.7. The Morgan fingerprint density at radius 2 is 1.60 bits per heavy atom. The van der Waals surface area contributed by atoms with Gasteiger partial charge in [0.2, 0.25) is 17.7 Å². The third kappa shape index (κ3) is 10.5. The summed E-state index contributed by atoms with van der Waals surface area (Å²) < 4.78 is 27.9. The van der Waals surface area contributed by atoms with Gasteiger partial charge in [-0.15, -0.1) is 6.58 Å². The third-order valence-electron chi connectivity index (χ3n) is 8.29. The minimum Gasteiger partial charge on any atom is -0.359 e. The molecule has 236 valence electrons. The van der Waals surface area contributed by atoms with Crippen molar-refractivity contribution >= 4 is 17.7 Å². The number of nitrogens with zero attached hydrogens (tertiary/aromatic N) is 3. The molecule has 0 bridgehead atoms. The van der Waals surface area contributed by atoms with Gasteiger partial charge in [0.1, 0.15) is 17.7 Å². The number of hydrogen-bond donors (Lipinski definition) is 1. The predicted octanol–water partition coefficient (Wildman–Crippen LogP) is 5.36. The van der Waals surface area contributed by atoms with E-state index in [2.05, 4.69) is 37.6 Å².